The van der Waals surface area contributed by atoms with Crippen LogP contribution in [0.1, 0.15) is 23.0 Å². The quantitative estimate of drug-likeness (QED) is 0.442. The topological polar surface area (TPSA) is 65.8 Å². The van der Waals surface area contributed by atoms with E-state index in [1.807, 2.05) is 37.3 Å². The number of carbonyl (C=O) groups excluding carboxylic acids is 1. The Morgan fingerprint density at radius 3 is 2.67 bits per heavy atom. The molecule has 1 N–H and O–H groups in total. The molecule has 1 aromatic carbocycles. The summed E-state index contributed by atoms with van der Waals surface area (Å²) < 4.78 is 10.7. The second kappa shape index (κ2) is 9.82. The first-order chi connectivity index (χ1) is 13.2. The summed E-state index contributed by atoms with van der Waals surface area (Å²) in [5.41, 5.74) is 2.08. The molecule has 0 radical (unpaired) electrons. The van der Waals surface area contributed by atoms with Crippen LogP contribution in [0, 0.1) is 6.92 Å². The Morgan fingerprint density at radius 1 is 1.22 bits per heavy atom. The molecule has 2 heterocycles. The van der Waals surface area contributed by atoms with Gasteiger partial charge in [0, 0.05) is 11.3 Å². The van der Waals surface area contributed by atoms with Gasteiger partial charge in [0.25, 0.3) is 0 Å². The number of hydrogen-bond acceptors (Lipinski definition) is 6. The van der Waals surface area contributed by atoms with Gasteiger partial charge in [-0.2, -0.15) is 0 Å². The minimum atomic E-state index is -0.351. The Bertz CT molecular complexity index is 765. The van der Waals surface area contributed by atoms with E-state index in [2.05, 4.69) is 4.98 Å². The number of esters is 1. The Kier molecular flexibility index (Phi) is 7.20. The predicted octanol–water partition coefficient (Wildman–Crippen LogP) is 1.64. The molecule has 2 aromatic rings. The van der Waals surface area contributed by atoms with E-state index in [1.165, 1.54) is 4.90 Å². The molecule has 1 aliphatic rings. The van der Waals surface area contributed by atoms with Gasteiger partial charge in [0.15, 0.2) is 5.82 Å². The van der Waals surface area contributed by atoms with E-state index >= 15 is 0 Å². The van der Waals surface area contributed by atoms with Gasteiger partial charge in [0.05, 0.1) is 32.1 Å². The maximum Gasteiger partial charge on any atom is 0.342 e. The third-order valence-electron chi connectivity index (χ3n) is 4.46. The van der Waals surface area contributed by atoms with E-state index in [0.717, 1.165) is 44.2 Å². The second-order valence-corrected chi connectivity index (χ2v) is 7.44. The zero-order valence-electron chi connectivity index (χ0n) is 15.9. The number of nitrogens with zero attached hydrogens (tertiary/aromatic N) is 2. The molecule has 0 spiro atoms. The van der Waals surface area contributed by atoms with Gasteiger partial charge in [-0.15, -0.1) is 0 Å². The van der Waals surface area contributed by atoms with Crippen LogP contribution in [0.2, 0.25) is 0 Å². The van der Waals surface area contributed by atoms with Crippen molar-refractivity contribution in [2.24, 2.45) is 0 Å². The lowest BCUT2D eigenvalue weighted by Crippen LogP contribution is -3.14. The number of rotatable bonds is 7. The number of thioether (sulfide) groups is 1. The highest BCUT2D eigenvalue weighted by Gasteiger charge is 2.22. The summed E-state index contributed by atoms with van der Waals surface area (Å²) in [5.74, 6) is 1.17. The highest BCUT2D eigenvalue weighted by atomic mass is 32.2. The first kappa shape index (κ1) is 19.8. The summed E-state index contributed by atoms with van der Waals surface area (Å²) in [4.78, 5) is 23.3. The van der Waals surface area contributed by atoms with Crippen molar-refractivity contribution >= 4 is 17.7 Å². The standard InChI is InChI=1S/C20H25N3O3S/c1-3-26-20(24)17-15(2)21-18(16-7-5-4-6-8-16)22-19(17)27-14-11-23-9-12-25-13-10-23/h4-8H,3,9-14H2,1-2H3/p+1. The lowest BCUT2D eigenvalue weighted by molar-refractivity contribution is -0.905. The number of benzene rings is 1. The van der Waals surface area contributed by atoms with Gasteiger partial charge in [0.1, 0.15) is 23.7 Å². The molecule has 1 saturated heterocycles. The molecule has 3 rings (SSSR count). The number of carbonyl (C=O) groups is 1. The van der Waals surface area contributed by atoms with Gasteiger partial charge in [-0.25, -0.2) is 14.8 Å². The third-order valence-corrected chi connectivity index (χ3v) is 5.44. The maximum absolute atomic E-state index is 12.5. The molecule has 1 aliphatic heterocycles. The largest absolute Gasteiger partial charge is 0.462 e. The molecule has 1 aromatic heterocycles. The monoisotopic (exact) mass is 388 g/mol. The maximum atomic E-state index is 12.5. The molecule has 1 fully saturated rings. The van der Waals surface area contributed by atoms with E-state index in [-0.39, 0.29) is 5.97 Å². The van der Waals surface area contributed by atoms with Crippen LogP contribution in [0.25, 0.3) is 11.4 Å². The molecule has 0 aliphatic carbocycles. The van der Waals surface area contributed by atoms with Crippen molar-refractivity contribution in [3.63, 3.8) is 0 Å². The lowest BCUT2D eigenvalue weighted by Gasteiger charge is -2.23. The minimum absolute atomic E-state index is 0.334. The van der Waals surface area contributed by atoms with Crippen molar-refractivity contribution < 1.29 is 19.2 Å². The van der Waals surface area contributed by atoms with Crippen LogP contribution in [-0.4, -0.2) is 61.1 Å². The molecule has 0 unspecified atom stereocenters. The Labute approximate surface area is 164 Å². The fraction of sp³-hybridized carbons (Fsp3) is 0.450. The fourth-order valence-electron chi connectivity index (χ4n) is 3.01. The number of quaternary nitrogens is 1. The number of nitrogens with one attached hydrogen (secondary N) is 1. The molecule has 0 saturated carbocycles. The average Bonchev–Trinajstić information content (AvgIpc) is 2.69. The number of hydrogen-bond donors (Lipinski definition) is 1. The molecule has 7 heteroatoms. The van der Waals surface area contributed by atoms with Crippen molar-refractivity contribution in [3.05, 3.63) is 41.6 Å². The van der Waals surface area contributed by atoms with Crippen molar-refractivity contribution in [2.45, 2.75) is 18.9 Å². The summed E-state index contributed by atoms with van der Waals surface area (Å²) in [6.07, 6.45) is 0. The highest BCUT2D eigenvalue weighted by molar-refractivity contribution is 7.99. The summed E-state index contributed by atoms with van der Waals surface area (Å²) in [5, 5.41) is 0.701. The molecular weight excluding hydrogens is 362 g/mol. The molecular formula is C20H26N3O3S+. The van der Waals surface area contributed by atoms with Gasteiger partial charge in [-0.05, 0) is 13.8 Å². The average molecular weight is 389 g/mol. The lowest BCUT2D eigenvalue weighted by atomic mass is 10.2. The summed E-state index contributed by atoms with van der Waals surface area (Å²) in [6, 6.07) is 9.84. The van der Waals surface area contributed by atoms with E-state index in [4.69, 9.17) is 14.5 Å². The van der Waals surface area contributed by atoms with E-state index in [0.29, 0.717) is 28.7 Å². The highest BCUT2D eigenvalue weighted by Crippen LogP contribution is 2.26. The Morgan fingerprint density at radius 2 is 1.96 bits per heavy atom. The predicted molar refractivity (Wildman–Crippen MR) is 105 cm³/mol. The Hall–Kier alpha value is -1.96. The van der Waals surface area contributed by atoms with E-state index in [9.17, 15) is 4.79 Å². The van der Waals surface area contributed by atoms with Gasteiger partial charge in [-0.1, -0.05) is 42.1 Å². The van der Waals surface area contributed by atoms with E-state index in [1.54, 1.807) is 18.7 Å². The number of morpholine rings is 1. The molecule has 0 amide bonds. The molecule has 0 bridgehead atoms. The summed E-state index contributed by atoms with van der Waals surface area (Å²) in [7, 11) is 0. The summed E-state index contributed by atoms with van der Waals surface area (Å²) in [6.45, 7) is 8.70. The minimum Gasteiger partial charge on any atom is -0.462 e. The number of aryl methyl sites for hydroxylation is 1. The van der Waals surface area contributed by atoms with Crippen LogP contribution < -0.4 is 4.90 Å². The molecule has 6 nitrogen and oxygen atoms in total. The van der Waals surface area contributed by atoms with Crippen LogP contribution in [0.15, 0.2) is 35.4 Å². The van der Waals surface area contributed by atoms with E-state index < -0.39 is 0 Å². The van der Waals surface area contributed by atoms with Crippen molar-refractivity contribution in [3.8, 4) is 11.4 Å². The Balaban J connectivity index is 1.82. The summed E-state index contributed by atoms with van der Waals surface area (Å²) >= 11 is 1.60. The van der Waals surface area contributed by atoms with Crippen LogP contribution in [0.5, 0.6) is 0 Å². The SMILES string of the molecule is CCOC(=O)c1c(C)nc(-c2ccccc2)nc1SCC[NH+]1CCOCC1. The van der Waals surface area contributed by atoms with Crippen molar-refractivity contribution in [1.82, 2.24) is 9.97 Å². The first-order valence-electron chi connectivity index (χ1n) is 9.34. The fourth-order valence-corrected chi connectivity index (χ4v) is 4.12. The van der Waals surface area contributed by atoms with Gasteiger partial charge in [0.2, 0.25) is 0 Å². The zero-order valence-corrected chi connectivity index (χ0v) is 16.7. The molecule has 27 heavy (non-hydrogen) atoms. The van der Waals surface area contributed by atoms with Crippen molar-refractivity contribution in [2.75, 3.05) is 45.2 Å². The van der Waals surface area contributed by atoms with Crippen LogP contribution in [-0.2, 0) is 9.47 Å². The number of ether oxygens (including phenoxy) is 2. The van der Waals surface area contributed by atoms with Gasteiger partial charge < -0.3 is 14.4 Å². The smallest absolute Gasteiger partial charge is 0.342 e. The van der Waals surface area contributed by atoms with Gasteiger partial charge in [-0.3, -0.25) is 0 Å². The third kappa shape index (κ3) is 5.28. The second-order valence-electron chi connectivity index (χ2n) is 6.36. The number of aromatic nitrogens is 2. The van der Waals surface area contributed by atoms with Crippen LogP contribution >= 0.6 is 11.8 Å². The molecule has 144 valence electrons. The van der Waals surface area contributed by atoms with Crippen molar-refractivity contribution in [1.29, 1.82) is 0 Å². The van der Waals surface area contributed by atoms with Crippen LogP contribution in [0.4, 0.5) is 0 Å². The van der Waals surface area contributed by atoms with Gasteiger partial charge >= 0.3 is 5.97 Å². The zero-order chi connectivity index (χ0) is 19.1. The molecule has 0 atom stereocenters. The van der Waals surface area contributed by atoms with Crippen LogP contribution in [0.3, 0.4) is 0 Å². The normalized spacial score (nSPS) is 14.9. The first-order valence-corrected chi connectivity index (χ1v) is 10.3.